The Balaban J connectivity index is 3.38. The summed E-state index contributed by atoms with van der Waals surface area (Å²) in [5, 5.41) is 12.1. The Kier molecular flexibility index (Phi) is 4.85. The molecule has 0 aromatic carbocycles. The molecule has 0 aliphatic heterocycles. The molecule has 0 amide bonds. The van der Waals surface area contributed by atoms with Gasteiger partial charge >= 0.3 is 0 Å². The van der Waals surface area contributed by atoms with Crippen molar-refractivity contribution >= 4 is 16.8 Å². The van der Waals surface area contributed by atoms with Gasteiger partial charge in [-0.1, -0.05) is 12.1 Å². The van der Waals surface area contributed by atoms with Gasteiger partial charge in [-0.2, -0.15) is 0 Å². The fourth-order valence-electron chi connectivity index (χ4n) is 0.407. The molecular weight excluding hydrogens is 122 g/mol. The largest absolute Gasteiger partial charge is 0.410 e. The van der Waals surface area contributed by atoms with E-state index < -0.39 is 0 Å². The van der Waals surface area contributed by atoms with Crippen LogP contribution in [0.15, 0.2) is 5.16 Å². The molecule has 0 bridgehead atoms. The lowest BCUT2D eigenvalue weighted by atomic mass is 10.4. The van der Waals surface area contributed by atoms with Crippen molar-refractivity contribution in [1.29, 1.82) is 0 Å². The Labute approximate surface area is 54.0 Å². The highest BCUT2D eigenvalue weighted by Gasteiger charge is 1.92. The highest BCUT2D eigenvalue weighted by Crippen LogP contribution is 2.03. The zero-order chi connectivity index (χ0) is 6.41. The Bertz CT molecular complexity index is 82.5. The first kappa shape index (κ1) is 7.82. The van der Waals surface area contributed by atoms with E-state index >= 15 is 0 Å². The third-order valence-corrected chi connectivity index (χ3v) is 1.57. The molecule has 3 heteroatoms. The van der Waals surface area contributed by atoms with Gasteiger partial charge in [-0.15, -0.1) is 11.8 Å². The molecule has 0 aliphatic carbocycles. The van der Waals surface area contributed by atoms with Gasteiger partial charge < -0.3 is 5.21 Å². The van der Waals surface area contributed by atoms with Crippen LogP contribution in [0.25, 0.3) is 0 Å². The minimum Gasteiger partial charge on any atom is -0.410 e. The number of hydrogen-bond acceptors (Lipinski definition) is 3. The summed E-state index contributed by atoms with van der Waals surface area (Å²) in [5.41, 5.74) is 0. The summed E-state index contributed by atoms with van der Waals surface area (Å²) in [6.45, 7) is 2.06. The van der Waals surface area contributed by atoms with Gasteiger partial charge in [0.05, 0.1) is 0 Å². The minimum atomic E-state index is 0.813. The van der Waals surface area contributed by atoms with Gasteiger partial charge in [0, 0.05) is 0 Å². The summed E-state index contributed by atoms with van der Waals surface area (Å²) < 4.78 is 0. The van der Waals surface area contributed by atoms with E-state index in [9.17, 15) is 0 Å². The van der Waals surface area contributed by atoms with Crippen molar-refractivity contribution in [3.63, 3.8) is 0 Å². The van der Waals surface area contributed by atoms with Crippen LogP contribution < -0.4 is 0 Å². The number of thioether (sulfide) groups is 1. The van der Waals surface area contributed by atoms with E-state index in [0.29, 0.717) is 0 Å². The van der Waals surface area contributed by atoms with Crippen LogP contribution in [-0.2, 0) is 0 Å². The van der Waals surface area contributed by atoms with Gasteiger partial charge in [-0.3, -0.25) is 0 Å². The fraction of sp³-hybridized carbons (Fsp3) is 0.800. The smallest absolute Gasteiger partial charge is 0.112 e. The first-order valence-corrected chi connectivity index (χ1v) is 3.82. The van der Waals surface area contributed by atoms with Gasteiger partial charge in [0.2, 0.25) is 0 Å². The molecule has 0 aromatic heterocycles. The second kappa shape index (κ2) is 4.97. The van der Waals surface area contributed by atoms with Crippen LogP contribution in [-0.4, -0.2) is 16.5 Å². The number of hydrogen-bond donors (Lipinski definition) is 1. The van der Waals surface area contributed by atoms with Crippen LogP contribution in [0.3, 0.4) is 0 Å². The average molecular weight is 133 g/mol. The highest BCUT2D eigenvalue weighted by molar-refractivity contribution is 8.13. The van der Waals surface area contributed by atoms with Crippen molar-refractivity contribution < 1.29 is 5.21 Å². The number of oxime groups is 1. The van der Waals surface area contributed by atoms with Gasteiger partial charge in [-0.25, -0.2) is 0 Å². The second-order valence-corrected chi connectivity index (χ2v) is 2.33. The summed E-state index contributed by atoms with van der Waals surface area (Å²) in [6.07, 6.45) is 3.84. The van der Waals surface area contributed by atoms with Crippen molar-refractivity contribution in [3.8, 4) is 0 Å². The van der Waals surface area contributed by atoms with Crippen molar-refractivity contribution in [1.82, 2.24) is 0 Å². The Morgan fingerprint density at radius 3 is 2.50 bits per heavy atom. The fourth-order valence-corrected chi connectivity index (χ4v) is 0.897. The van der Waals surface area contributed by atoms with Gasteiger partial charge in [0.15, 0.2) is 0 Å². The van der Waals surface area contributed by atoms with E-state index in [1.807, 2.05) is 6.26 Å². The average Bonchev–Trinajstić information content (AvgIpc) is 1.83. The maximum Gasteiger partial charge on any atom is 0.112 e. The van der Waals surface area contributed by atoms with Crippen LogP contribution in [0.5, 0.6) is 0 Å². The lowest BCUT2D eigenvalue weighted by Gasteiger charge is -1.93. The number of rotatable bonds is 2. The third kappa shape index (κ3) is 2.91. The summed E-state index contributed by atoms with van der Waals surface area (Å²) in [4.78, 5) is 0. The van der Waals surface area contributed by atoms with Gasteiger partial charge in [-0.05, 0) is 19.1 Å². The standard InChI is InChI=1S/C5H11NOS/c1-3-4-5(6-7)8-2/h7H,3-4H2,1-2H3. The predicted octanol–water partition coefficient (Wildman–Crippen LogP) is 1.94. The Morgan fingerprint density at radius 1 is 1.75 bits per heavy atom. The third-order valence-electron chi connectivity index (χ3n) is 0.811. The molecule has 0 fully saturated rings. The lowest BCUT2D eigenvalue weighted by Crippen LogP contribution is -1.88. The topological polar surface area (TPSA) is 32.6 Å². The van der Waals surface area contributed by atoms with Crippen LogP contribution in [0.4, 0.5) is 0 Å². The van der Waals surface area contributed by atoms with Gasteiger partial charge in [0.1, 0.15) is 5.04 Å². The molecule has 1 N–H and O–H groups in total. The molecule has 0 spiro atoms. The molecule has 0 saturated carbocycles. The maximum atomic E-state index is 8.22. The van der Waals surface area contributed by atoms with Crippen LogP contribution in [0, 0.1) is 0 Å². The minimum absolute atomic E-state index is 0.813. The quantitative estimate of drug-likeness (QED) is 0.270. The molecule has 0 aromatic rings. The van der Waals surface area contributed by atoms with Crippen molar-refractivity contribution in [2.24, 2.45) is 5.16 Å². The van der Waals surface area contributed by atoms with Crippen molar-refractivity contribution in [2.45, 2.75) is 19.8 Å². The first-order chi connectivity index (χ1) is 3.85. The predicted molar refractivity (Wildman–Crippen MR) is 37.6 cm³/mol. The van der Waals surface area contributed by atoms with E-state index in [1.165, 1.54) is 11.8 Å². The number of nitrogens with zero attached hydrogens (tertiary/aromatic N) is 1. The van der Waals surface area contributed by atoms with Crippen LogP contribution in [0.1, 0.15) is 19.8 Å². The monoisotopic (exact) mass is 133 g/mol. The van der Waals surface area contributed by atoms with E-state index in [0.717, 1.165) is 17.9 Å². The molecule has 0 unspecified atom stereocenters. The highest BCUT2D eigenvalue weighted by atomic mass is 32.2. The summed E-state index contributed by atoms with van der Waals surface area (Å²) >= 11 is 1.49. The van der Waals surface area contributed by atoms with E-state index in [2.05, 4.69) is 12.1 Å². The van der Waals surface area contributed by atoms with Crippen molar-refractivity contribution in [3.05, 3.63) is 0 Å². The normalized spacial score (nSPS) is 12.0. The van der Waals surface area contributed by atoms with E-state index in [-0.39, 0.29) is 0 Å². The summed E-state index contributed by atoms with van der Waals surface area (Å²) in [7, 11) is 0. The van der Waals surface area contributed by atoms with E-state index in [4.69, 9.17) is 5.21 Å². The second-order valence-electron chi connectivity index (χ2n) is 1.45. The molecule has 0 rings (SSSR count). The SMILES string of the molecule is CCCC(=NO)SC. The van der Waals surface area contributed by atoms with E-state index in [1.54, 1.807) is 0 Å². The summed E-state index contributed by atoms with van der Waals surface area (Å²) in [6, 6.07) is 0. The lowest BCUT2D eigenvalue weighted by molar-refractivity contribution is 0.319. The molecule has 2 nitrogen and oxygen atoms in total. The van der Waals surface area contributed by atoms with Crippen LogP contribution in [0.2, 0.25) is 0 Å². The zero-order valence-corrected chi connectivity index (χ0v) is 6.03. The first-order valence-electron chi connectivity index (χ1n) is 2.60. The molecule has 0 saturated heterocycles. The Hall–Kier alpha value is -0.180. The maximum absolute atomic E-state index is 8.22. The molecule has 8 heavy (non-hydrogen) atoms. The van der Waals surface area contributed by atoms with Crippen LogP contribution >= 0.6 is 11.8 Å². The summed E-state index contributed by atoms with van der Waals surface area (Å²) in [5.74, 6) is 0. The molecule has 0 radical (unpaired) electrons. The molecule has 0 atom stereocenters. The molecule has 0 heterocycles. The molecular formula is C5H11NOS. The molecule has 0 aliphatic rings. The van der Waals surface area contributed by atoms with Crippen molar-refractivity contribution in [2.75, 3.05) is 6.26 Å². The van der Waals surface area contributed by atoms with Gasteiger partial charge in [0.25, 0.3) is 0 Å². The Morgan fingerprint density at radius 2 is 2.38 bits per heavy atom. The molecule has 48 valence electrons. The zero-order valence-electron chi connectivity index (χ0n) is 5.22.